The Balaban J connectivity index is 2.39. The molecule has 0 aromatic heterocycles. The summed E-state index contributed by atoms with van der Waals surface area (Å²) in [5, 5.41) is 4.13. The highest BCUT2D eigenvalue weighted by Crippen LogP contribution is 2.27. The lowest BCUT2D eigenvalue weighted by Gasteiger charge is -2.48. The number of thiocarbonyl (C=S) groups is 1. The van der Waals surface area contributed by atoms with E-state index in [1.807, 2.05) is 6.92 Å². The SMILES string of the molecule is CCOCCCNC(=S)N1CC(C)(C)OC(C)(C)C1. The third kappa shape index (κ3) is 6.06. The van der Waals surface area contributed by atoms with Crippen LogP contribution in [0.1, 0.15) is 41.0 Å². The number of morpholine rings is 1. The van der Waals surface area contributed by atoms with Gasteiger partial charge < -0.3 is 19.7 Å². The molecule has 1 rings (SSSR count). The molecule has 1 heterocycles. The van der Waals surface area contributed by atoms with Crippen LogP contribution >= 0.6 is 12.2 Å². The smallest absolute Gasteiger partial charge is 0.169 e. The highest BCUT2D eigenvalue weighted by molar-refractivity contribution is 7.80. The Morgan fingerprint density at radius 2 is 1.84 bits per heavy atom. The Morgan fingerprint density at radius 3 is 2.37 bits per heavy atom. The molecule has 112 valence electrons. The Hall–Kier alpha value is -0.390. The molecule has 5 heteroatoms. The summed E-state index contributed by atoms with van der Waals surface area (Å²) in [5.74, 6) is 0. The lowest BCUT2D eigenvalue weighted by atomic mass is 9.99. The maximum Gasteiger partial charge on any atom is 0.169 e. The van der Waals surface area contributed by atoms with E-state index in [-0.39, 0.29) is 11.2 Å². The van der Waals surface area contributed by atoms with E-state index in [1.54, 1.807) is 0 Å². The van der Waals surface area contributed by atoms with Crippen LogP contribution in [0.25, 0.3) is 0 Å². The fourth-order valence-electron chi connectivity index (χ4n) is 2.56. The van der Waals surface area contributed by atoms with Crippen molar-refractivity contribution < 1.29 is 9.47 Å². The summed E-state index contributed by atoms with van der Waals surface area (Å²) in [6, 6.07) is 0. The molecule has 0 radical (unpaired) electrons. The van der Waals surface area contributed by atoms with Crippen LogP contribution in [0.4, 0.5) is 0 Å². The maximum absolute atomic E-state index is 6.05. The fourth-order valence-corrected chi connectivity index (χ4v) is 2.79. The van der Waals surface area contributed by atoms with E-state index in [1.165, 1.54) is 0 Å². The van der Waals surface area contributed by atoms with E-state index < -0.39 is 0 Å². The van der Waals surface area contributed by atoms with E-state index >= 15 is 0 Å². The van der Waals surface area contributed by atoms with Crippen LogP contribution < -0.4 is 5.32 Å². The quantitative estimate of drug-likeness (QED) is 0.619. The van der Waals surface area contributed by atoms with Gasteiger partial charge >= 0.3 is 0 Å². The summed E-state index contributed by atoms with van der Waals surface area (Å²) in [4.78, 5) is 2.21. The third-order valence-corrected chi connectivity index (χ3v) is 3.33. The van der Waals surface area contributed by atoms with Gasteiger partial charge in [-0.15, -0.1) is 0 Å². The number of rotatable bonds is 5. The topological polar surface area (TPSA) is 33.7 Å². The molecule has 0 aliphatic carbocycles. The largest absolute Gasteiger partial charge is 0.382 e. The first-order chi connectivity index (χ1) is 8.76. The van der Waals surface area contributed by atoms with Crippen molar-refractivity contribution in [1.29, 1.82) is 0 Å². The average molecular weight is 288 g/mol. The van der Waals surface area contributed by atoms with E-state index in [4.69, 9.17) is 21.7 Å². The molecule has 0 saturated carbocycles. The van der Waals surface area contributed by atoms with Gasteiger partial charge in [0.1, 0.15) is 0 Å². The molecular formula is C14H28N2O2S. The van der Waals surface area contributed by atoms with E-state index in [2.05, 4.69) is 37.9 Å². The Kier molecular flexibility index (Phi) is 6.02. The molecule has 0 spiro atoms. The van der Waals surface area contributed by atoms with Crippen molar-refractivity contribution in [3.63, 3.8) is 0 Å². The molecule has 1 aliphatic rings. The Bertz CT molecular complexity index is 290. The second-order valence-corrected chi connectivity index (χ2v) is 6.65. The summed E-state index contributed by atoms with van der Waals surface area (Å²) in [6.45, 7) is 14.5. The number of nitrogens with one attached hydrogen (secondary N) is 1. The zero-order chi connectivity index (χ0) is 14.5. The number of hydrogen-bond acceptors (Lipinski definition) is 3. The molecule has 1 fully saturated rings. The lowest BCUT2D eigenvalue weighted by Crippen LogP contribution is -2.60. The zero-order valence-electron chi connectivity index (χ0n) is 12.9. The molecule has 0 unspecified atom stereocenters. The first kappa shape index (κ1) is 16.7. The van der Waals surface area contributed by atoms with Crippen LogP contribution in [0.5, 0.6) is 0 Å². The zero-order valence-corrected chi connectivity index (χ0v) is 13.7. The number of nitrogens with zero attached hydrogens (tertiary/aromatic N) is 1. The molecule has 1 saturated heterocycles. The molecule has 0 amide bonds. The first-order valence-electron chi connectivity index (χ1n) is 7.06. The van der Waals surface area contributed by atoms with Crippen molar-refractivity contribution in [3.8, 4) is 0 Å². The van der Waals surface area contributed by atoms with Crippen LogP contribution in [0, 0.1) is 0 Å². The lowest BCUT2D eigenvalue weighted by molar-refractivity contribution is -0.167. The molecule has 0 aromatic rings. The Morgan fingerprint density at radius 1 is 1.26 bits per heavy atom. The summed E-state index contributed by atoms with van der Waals surface area (Å²) in [7, 11) is 0. The van der Waals surface area contributed by atoms with E-state index in [0.29, 0.717) is 0 Å². The predicted molar refractivity (Wildman–Crippen MR) is 82.5 cm³/mol. The van der Waals surface area contributed by atoms with Crippen molar-refractivity contribution in [3.05, 3.63) is 0 Å². The molecule has 1 aliphatic heterocycles. The van der Waals surface area contributed by atoms with Gasteiger partial charge in [0.05, 0.1) is 11.2 Å². The third-order valence-electron chi connectivity index (χ3n) is 2.93. The van der Waals surface area contributed by atoms with Crippen LogP contribution in [0.15, 0.2) is 0 Å². The van der Waals surface area contributed by atoms with Gasteiger partial charge in [-0.05, 0) is 53.3 Å². The first-order valence-corrected chi connectivity index (χ1v) is 7.47. The van der Waals surface area contributed by atoms with Crippen molar-refractivity contribution in [1.82, 2.24) is 10.2 Å². The second-order valence-electron chi connectivity index (χ2n) is 6.26. The summed E-state index contributed by atoms with van der Waals surface area (Å²) < 4.78 is 11.4. The highest BCUT2D eigenvalue weighted by atomic mass is 32.1. The molecular weight excluding hydrogens is 260 g/mol. The average Bonchev–Trinajstić information content (AvgIpc) is 2.24. The van der Waals surface area contributed by atoms with Crippen molar-refractivity contribution in [2.45, 2.75) is 52.2 Å². The fraction of sp³-hybridized carbons (Fsp3) is 0.929. The van der Waals surface area contributed by atoms with Gasteiger partial charge in [0.25, 0.3) is 0 Å². The summed E-state index contributed by atoms with van der Waals surface area (Å²) >= 11 is 5.48. The van der Waals surface area contributed by atoms with Gasteiger partial charge in [0.15, 0.2) is 5.11 Å². The van der Waals surface area contributed by atoms with Gasteiger partial charge in [-0.3, -0.25) is 0 Å². The van der Waals surface area contributed by atoms with E-state index in [9.17, 15) is 0 Å². The van der Waals surface area contributed by atoms with Crippen LogP contribution in [0.2, 0.25) is 0 Å². The van der Waals surface area contributed by atoms with Crippen molar-refractivity contribution in [2.24, 2.45) is 0 Å². The second kappa shape index (κ2) is 6.86. The van der Waals surface area contributed by atoms with Gasteiger partial charge in [0, 0.05) is 32.8 Å². The van der Waals surface area contributed by atoms with Crippen LogP contribution in [0.3, 0.4) is 0 Å². The standard InChI is InChI=1S/C14H28N2O2S/c1-6-17-9-7-8-15-12(19)16-10-13(2,3)18-14(4,5)11-16/h6-11H2,1-5H3,(H,15,19). The highest BCUT2D eigenvalue weighted by Gasteiger charge is 2.38. The minimum Gasteiger partial charge on any atom is -0.382 e. The summed E-state index contributed by atoms with van der Waals surface area (Å²) in [5.41, 5.74) is -0.336. The molecule has 0 aromatic carbocycles. The minimum atomic E-state index is -0.168. The molecule has 19 heavy (non-hydrogen) atoms. The molecule has 4 nitrogen and oxygen atoms in total. The molecule has 1 N–H and O–H groups in total. The predicted octanol–water partition coefficient (Wildman–Crippen LogP) is 2.18. The van der Waals surface area contributed by atoms with Crippen molar-refractivity contribution in [2.75, 3.05) is 32.8 Å². The van der Waals surface area contributed by atoms with Crippen molar-refractivity contribution >= 4 is 17.3 Å². The monoisotopic (exact) mass is 288 g/mol. The van der Waals surface area contributed by atoms with Crippen LogP contribution in [-0.2, 0) is 9.47 Å². The molecule has 0 bridgehead atoms. The number of hydrogen-bond donors (Lipinski definition) is 1. The van der Waals surface area contributed by atoms with Gasteiger partial charge in [-0.25, -0.2) is 0 Å². The maximum atomic E-state index is 6.05. The van der Waals surface area contributed by atoms with Gasteiger partial charge in [-0.1, -0.05) is 0 Å². The number of ether oxygens (including phenoxy) is 2. The minimum absolute atomic E-state index is 0.168. The normalized spacial score (nSPS) is 21.2. The Labute approximate surface area is 122 Å². The molecule has 0 atom stereocenters. The van der Waals surface area contributed by atoms with Crippen LogP contribution in [-0.4, -0.2) is 54.1 Å². The van der Waals surface area contributed by atoms with Gasteiger partial charge in [0.2, 0.25) is 0 Å². The van der Waals surface area contributed by atoms with Gasteiger partial charge in [-0.2, -0.15) is 0 Å². The summed E-state index contributed by atoms with van der Waals surface area (Å²) in [6.07, 6.45) is 0.977. The van der Waals surface area contributed by atoms with E-state index in [0.717, 1.165) is 44.4 Å².